The molecule has 0 radical (unpaired) electrons. The highest BCUT2D eigenvalue weighted by Crippen LogP contribution is 2.17. The zero-order chi connectivity index (χ0) is 14.7. The zero-order valence-corrected chi connectivity index (χ0v) is 12.4. The topological polar surface area (TPSA) is 47.4 Å². The zero-order valence-electron chi connectivity index (χ0n) is 12.4. The van der Waals surface area contributed by atoms with E-state index in [9.17, 15) is 4.79 Å². The van der Waals surface area contributed by atoms with E-state index in [0.29, 0.717) is 32.8 Å². The Morgan fingerprint density at radius 3 is 2.81 bits per heavy atom. The van der Waals surface area contributed by atoms with Crippen LogP contribution in [0.3, 0.4) is 0 Å². The van der Waals surface area contributed by atoms with Gasteiger partial charge in [0.2, 0.25) is 5.91 Å². The number of hydrogen-bond acceptors (Lipinski definition) is 3. The van der Waals surface area contributed by atoms with Gasteiger partial charge in [-0.05, 0) is 18.6 Å². The number of amides is 1. The van der Waals surface area contributed by atoms with Gasteiger partial charge in [0, 0.05) is 19.5 Å². The Kier molecular flexibility index (Phi) is 4.20. The van der Waals surface area contributed by atoms with E-state index in [1.54, 1.807) is 0 Å². The third-order valence-electron chi connectivity index (χ3n) is 3.86. The van der Waals surface area contributed by atoms with Gasteiger partial charge >= 0.3 is 0 Å². The summed E-state index contributed by atoms with van der Waals surface area (Å²) in [5.41, 5.74) is 2.01. The van der Waals surface area contributed by atoms with Crippen LogP contribution in [-0.2, 0) is 22.5 Å². The van der Waals surface area contributed by atoms with Crippen molar-refractivity contribution in [3.63, 3.8) is 0 Å². The fraction of sp³-hybridized carbons (Fsp3) is 0.500. The fourth-order valence-corrected chi connectivity index (χ4v) is 2.76. The van der Waals surface area contributed by atoms with Crippen LogP contribution in [0.5, 0.6) is 0 Å². The lowest BCUT2D eigenvalue weighted by Gasteiger charge is -2.27. The highest BCUT2D eigenvalue weighted by atomic mass is 16.5. The van der Waals surface area contributed by atoms with Gasteiger partial charge in [0.25, 0.3) is 0 Å². The predicted molar refractivity (Wildman–Crippen MR) is 81.1 cm³/mol. The molecule has 21 heavy (non-hydrogen) atoms. The maximum atomic E-state index is 12.5. The van der Waals surface area contributed by atoms with Crippen LogP contribution < -0.4 is 0 Å². The number of aromatic nitrogens is 2. The van der Waals surface area contributed by atoms with Crippen LogP contribution in [-0.4, -0.2) is 46.7 Å². The Morgan fingerprint density at radius 1 is 1.29 bits per heavy atom. The van der Waals surface area contributed by atoms with E-state index in [1.807, 2.05) is 29.2 Å². The van der Waals surface area contributed by atoms with E-state index >= 15 is 0 Å². The number of para-hydroxylation sites is 2. The third kappa shape index (κ3) is 2.93. The average Bonchev–Trinajstić information content (AvgIpc) is 2.86. The molecule has 0 spiro atoms. The summed E-state index contributed by atoms with van der Waals surface area (Å²) in [6.45, 7) is 5.16. The van der Waals surface area contributed by atoms with Gasteiger partial charge in [-0.1, -0.05) is 19.1 Å². The molecule has 0 N–H and O–H groups in total. The van der Waals surface area contributed by atoms with Crippen molar-refractivity contribution in [1.29, 1.82) is 0 Å². The second kappa shape index (κ2) is 6.26. The lowest BCUT2D eigenvalue weighted by Crippen LogP contribution is -2.42. The highest BCUT2D eigenvalue weighted by Gasteiger charge is 2.19. The van der Waals surface area contributed by atoms with Gasteiger partial charge in [-0.15, -0.1) is 0 Å². The van der Waals surface area contributed by atoms with Crippen LogP contribution in [0.4, 0.5) is 0 Å². The van der Waals surface area contributed by atoms with Crippen molar-refractivity contribution >= 4 is 16.9 Å². The van der Waals surface area contributed by atoms with Gasteiger partial charge in [-0.3, -0.25) is 4.79 Å². The van der Waals surface area contributed by atoms with Crippen LogP contribution in [0.15, 0.2) is 24.3 Å². The monoisotopic (exact) mass is 287 g/mol. The minimum absolute atomic E-state index is 0.152. The number of morpholine rings is 1. The molecule has 1 amide bonds. The lowest BCUT2D eigenvalue weighted by atomic mass is 10.3. The van der Waals surface area contributed by atoms with Gasteiger partial charge in [-0.25, -0.2) is 4.98 Å². The first-order chi connectivity index (χ1) is 10.3. The molecule has 1 aliphatic heterocycles. The number of ether oxygens (including phenoxy) is 1. The highest BCUT2D eigenvalue weighted by molar-refractivity contribution is 5.81. The molecule has 0 saturated carbocycles. The Balaban J connectivity index is 1.87. The van der Waals surface area contributed by atoms with Crippen molar-refractivity contribution in [2.75, 3.05) is 26.3 Å². The normalized spacial score (nSPS) is 15.6. The lowest BCUT2D eigenvalue weighted by molar-refractivity contribution is -0.135. The summed E-state index contributed by atoms with van der Waals surface area (Å²) in [5, 5.41) is 0. The van der Waals surface area contributed by atoms with Gasteiger partial charge in [0.05, 0.1) is 24.2 Å². The quantitative estimate of drug-likeness (QED) is 0.862. The number of fused-ring (bicyclic) bond motifs is 1. The average molecular weight is 287 g/mol. The van der Waals surface area contributed by atoms with Crippen LogP contribution in [0, 0.1) is 0 Å². The van der Waals surface area contributed by atoms with Gasteiger partial charge in [0.15, 0.2) is 0 Å². The molecular weight excluding hydrogens is 266 g/mol. The van der Waals surface area contributed by atoms with Crippen molar-refractivity contribution in [2.45, 2.75) is 26.3 Å². The Hall–Kier alpha value is -1.88. The molecule has 0 aliphatic carbocycles. The van der Waals surface area contributed by atoms with E-state index < -0.39 is 0 Å². The molecule has 1 aliphatic rings. The molecule has 2 heterocycles. The molecular formula is C16H21N3O2. The number of imidazole rings is 1. The van der Waals surface area contributed by atoms with Gasteiger partial charge in [-0.2, -0.15) is 0 Å². The second-order valence-electron chi connectivity index (χ2n) is 5.35. The first-order valence-electron chi connectivity index (χ1n) is 7.59. The number of aryl methyl sites for hydroxylation is 1. The minimum Gasteiger partial charge on any atom is -0.378 e. The second-order valence-corrected chi connectivity index (χ2v) is 5.35. The summed E-state index contributed by atoms with van der Waals surface area (Å²) in [6, 6.07) is 8.02. The van der Waals surface area contributed by atoms with Crippen LogP contribution in [0.25, 0.3) is 11.0 Å². The third-order valence-corrected chi connectivity index (χ3v) is 3.86. The van der Waals surface area contributed by atoms with Crippen molar-refractivity contribution in [1.82, 2.24) is 14.5 Å². The van der Waals surface area contributed by atoms with E-state index in [1.165, 1.54) is 0 Å². The molecule has 1 aromatic heterocycles. The van der Waals surface area contributed by atoms with Crippen LogP contribution in [0.1, 0.15) is 19.2 Å². The summed E-state index contributed by atoms with van der Waals surface area (Å²) in [7, 11) is 0. The van der Waals surface area contributed by atoms with E-state index in [-0.39, 0.29) is 5.91 Å². The van der Waals surface area contributed by atoms with Crippen molar-refractivity contribution in [3.05, 3.63) is 30.1 Å². The Bertz CT molecular complexity index is 629. The SMILES string of the molecule is CCCc1nc2ccccc2n1CC(=O)N1CCOCC1. The molecule has 1 saturated heterocycles. The molecule has 112 valence electrons. The first-order valence-corrected chi connectivity index (χ1v) is 7.59. The van der Waals surface area contributed by atoms with Crippen LogP contribution in [0.2, 0.25) is 0 Å². The molecule has 1 fully saturated rings. The largest absolute Gasteiger partial charge is 0.378 e. The standard InChI is InChI=1S/C16H21N3O2/c1-2-5-15-17-13-6-3-4-7-14(13)19(15)12-16(20)18-8-10-21-11-9-18/h3-4,6-7H,2,5,8-12H2,1H3. The Labute approximate surface area is 124 Å². The Morgan fingerprint density at radius 2 is 2.05 bits per heavy atom. The molecule has 2 aromatic rings. The van der Waals surface area contributed by atoms with Gasteiger partial charge in [0.1, 0.15) is 12.4 Å². The van der Waals surface area contributed by atoms with Crippen LogP contribution >= 0.6 is 0 Å². The summed E-state index contributed by atoms with van der Waals surface area (Å²) in [5.74, 6) is 1.15. The predicted octanol–water partition coefficient (Wildman–Crippen LogP) is 1.85. The molecule has 0 unspecified atom stereocenters. The fourth-order valence-electron chi connectivity index (χ4n) is 2.76. The summed E-state index contributed by atoms with van der Waals surface area (Å²) < 4.78 is 7.37. The number of nitrogens with zero attached hydrogens (tertiary/aromatic N) is 3. The molecule has 1 aromatic carbocycles. The maximum absolute atomic E-state index is 12.5. The van der Waals surface area contributed by atoms with E-state index in [4.69, 9.17) is 4.74 Å². The molecule has 5 heteroatoms. The smallest absolute Gasteiger partial charge is 0.242 e. The van der Waals surface area contributed by atoms with E-state index in [2.05, 4.69) is 16.5 Å². The first kappa shape index (κ1) is 14.1. The van der Waals surface area contributed by atoms with Crippen molar-refractivity contribution in [2.24, 2.45) is 0 Å². The van der Waals surface area contributed by atoms with Crippen molar-refractivity contribution in [3.8, 4) is 0 Å². The minimum atomic E-state index is 0.152. The van der Waals surface area contributed by atoms with E-state index in [0.717, 1.165) is 29.7 Å². The number of rotatable bonds is 4. The number of carbonyl (C=O) groups excluding carboxylic acids is 1. The number of carbonyl (C=O) groups is 1. The number of benzene rings is 1. The summed E-state index contributed by atoms with van der Waals surface area (Å²) in [6.07, 6.45) is 1.92. The number of hydrogen-bond donors (Lipinski definition) is 0. The summed E-state index contributed by atoms with van der Waals surface area (Å²) in [4.78, 5) is 19.0. The van der Waals surface area contributed by atoms with Crippen molar-refractivity contribution < 1.29 is 9.53 Å². The summed E-state index contributed by atoms with van der Waals surface area (Å²) >= 11 is 0. The molecule has 5 nitrogen and oxygen atoms in total. The van der Waals surface area contributed by atoms with Gasteiger partial charge < -0.3 is 14.2 Å². The molecule has 0 atom stereocenters. The molecule has 0 bridgehead atoms. The maximum Gasteiger partial charge on any atom is 0.242 e. The molecule has 3 rings (SSSR count).